The quantitative estimate of drug-likeness (QED) is 0.638. The van der Waals surface area contributed by atoms with E-state index in [4.69, 9.17) is 16.3 Å². The highest BCUT2D eigenvalue weighted by Crippen LogP contribution is 2.17. The largest absolute Gasteiger partial charge is 0.494 e. The normalized spacial score (nSPS) is 9.94. The first-order valence-corrected chi connectivity index (χ1v) is 5.40. The van der Waals surface area contributed by atoms with Crippen molar-refractivity contribution >= 4 is 17.5 Å². The maximum Gasteiger partial charge on any atom is 0.251 e. The maximum absolute atomic E-state index is 13.1. The Labute approximate surface area is 98.5 Å². The molecule has 0 bridgehead atoms. The number of benzene rings is 1. The topological polar surface area (TPSA) is 38.3 Å². The minimum Gasteiger partial charge on any atom is -0.494 e. The van der Waals surface area contributed by atoms with Gasteiger partial charge in [0.25, 0.3) is 5.91 Å². The third kappa shape index (κ3) is 3.38. The van der Waals surface area contributed by atoms with Crippen LogP contribution in [0, 0.1) is 5.82 Å². The van der Waals surface area contributed by atoms with Crippen LogP contribution in [0.25, 0.3) is 0 Å². The Bertz CT molecular complexity index is 371. The molecule has 1 rings (SSSR count). The highest BCUT2D eigenvalue weighted by Gasteiger charge is 2.09. The summed E-state index contributed by atoms with van der Waals surface area (Å²) in [7, 11) is 1.35. The average molecular weight is 246 g/mol. The summed E-state index contributed by atoms with van der Waals surface area (Å²) in [4.78, 5) is 11.6. The first-order chi connectivity index (χ1) is 7.69. The Morgan fingerprint density at radius 3 is 2.94 bits per heavy atom. The Hall–Kier alpha value is -1.29. The van der Waals surface area contributed by atoms with E-state index < -0.39 is 5.82 Å². The summed E-state index contributed by atoms with van der Waals surface area (Å²) >= 11 is 5.48. The Morgan fingerprint density at radius 2 is 2.31 bits per heavy atom. The van der Waals surface area contributed by atoms with Crippen molar-refractivity contribution in [3.8, 4) is 5.75 Å². The van der Waals surface area contributed by atoms with Gasteiger partial charge in [-0.2, -0.15) is 0 Å². The van der Waals surface area contributed by atoms with Crippen molar-refractivity contribution < 1.29 is 13.9 Å². The van der Waals surface area contributed by atoms with Crippen molar-refractivity contribution in [1.29, 1.82) is 0 Å². The summed E-state index contributed by atoms with van der Waals surface area (Å²) in [5, 5.41) is 2.67. The molecular weight excluding hydrogens is 233 g/mol. The van der Waals surface area contributed by atoms with Crippen molar-refractivity contribution in [3.63, 3.8) is 0 Å². The summed E-state index contributed by atoms with van der Waals surface area (Å²) < 4.78 is 17.9. The van der Waals surface area contributed by atoms with Crippen molar-refractivity contribution in [2.75, 3.05) is 19.5 Å². The lowest BCUT2D eigenvalue weighted by molar-refractivity contribution is 0.0953. The molecule has 0 fully saturated rings. The molecule has 0 saturated heterocycles. The van der Waals surface area contributed by atoms with E-state index in [1.807, 2.05) is 0 Å². The standard InChI is InChI=1S/C11H13ClFNO2/c1-16-10-7-8(3-4-9(10)13)11(15)14-6-2-5-12/h3-4,7H,2,5-6H2,1H3,(H,14,15). The van der Waals surface area contributed by atoms with Gasteiger partial charge in [0.05, 0.1) is 7.11 Å². The number of ether oxygens (including phenoxy) is 1. The van der Waals surface area contributed by atoms with E-state index in [9.17, 15) is 9.18 Å². The number of rotatable bonds is 5. The molecule has 1 aromatic carbocycles. The maximum atomic E-state index is 13.1. The summed E-state index contributed by atoms with van der Waals surface area (Å²) in [5.41, 5.74) is 0.368. The molecule has 0 unspecified atom stereocenters. The molecular formula is C11H13ClFNO2. The van der Waals surface area contributed by atoms with E-state index in [-0.39, 0.29) is 11.7 Å². The lowest BCUT2D eigenvalue weighted by Gasteiger charge is -2.06. The van der Waals surface area contributed by atoms with Crippen LogP contribution in [-0.4, -0.2) is 25.4 Å². The molecule has 0 saturated carbocycles. The Balaban J connectivity index is 2.68. The SMILES string of the molecule is COc1cc(C(=O)NCCCCl)ccc1F. The number of carbonyl (C=O) groups excluding carboxylic acids is 1. The third-order valence-electron chi connectivity index (χ3n) is 2.01. The molecule has 0 aliphatic rings. The Kier molecular flexibility index (Phi) is 5.05. The van der Waals surface area contributed by atoms with Crippen LogP contribution >= 0.6 is 11.6 Å². The van der Waals surface area contributed by atoms with Gasteiger partial charge in [-0.25, -0.2) is 4.39 Å². The van der Waals surface area contributed by atoms with Gasteiger partial charge in [0.1, 0.15) is 0 Å². The fraction of sp³-hybridized carbons (Fsp3) is 0.364. The molecule has 1 amide bonds. The van der Waals surface area contributed by atoms with E-state index in [0.29, 0.717) is 24.4 Å². The van der Waals surface area contributed by atoms with Crippen LogP contribution < -0.4 is 10.1 Å². The summed E-state index contributed by atoms with van der Waals surface area (Å²) in [6.07, 6.45) is 0.700. The monoisotopic (exact) mass is 245 g/mol. The van der Waals surface area contributed by atoms with Crippen LogP contribution in [0.15, 0.2) is 18.2 Å². The van der Waals surface area contributed by atoms with Crippen molar-refractivity contribution in [2.24, 2.45) is 0 Å². The lowest BCUT2D eigenvalue weighted by atomic mass is 10.2. The fourth-order valence-electron chi connectivity index (χ4n) is 1.17. The molecule has 0 aliphatic heterocycles. The van der Waals surface area contributed by atoms with Crippen molar-refractivity contribution in [2.45, 2.75) is 6.42 Å². The van der Waals surface area contributed by atoms with Crippen LogP contribution in [0.3, 0.4) is 0 Å². The van der Waals surface area contributed by atoms with Gasteiger partial charge >= 0.3 is 0 Å². The number of amides is 1. The highest BCUT2D eigenvalue weighted by atomic mass is 35.5. The number of hydrogen-bond acceptors (Lipinski definition) is 2. The second kappa shape index (κ2) is 6.33. The van der Waals surface area contributed by atoms with Gasteiger partial charge in [0.2, 0.25) is 0 Å². The zero-order chi connectivity index (χ0) is 12.0. The second-order valence-corrected chi connectivity index (χ2v) is 3.53. The molecule has 88 valence electrons. The van der Waals surface area contributed by atoms with Crippen molar-refractivity contribution in [1.82, 2.24) is 5.32 Å². The van der Waals surface area contributed by atoms with Crippen molar-refractivity contribution in [3.05, 3.63) is 29.6 Å². The van der Waals surface area contributed by atoms with Crippen LogP contribution in [0.1, 0.15) is 16.8 Å². The van der Waals surface area contributed by atoms with E-state index in [0.717, 1.165) is 0 Å². The van der Waals surface area contributed by atoms with Gasteiger partial charge in [0, 0.05) is 18.0 Å². The molecule has 16 heavy (non-hydrogen) atoms. The molecule has 0 heterocycles. The van der Waals surface area contributed by atoms with Gasteiger partial charge in [-0.15, -0.1) is 11.6 Å². The number of nitrogens with one attached hydrogen (secondary N) is 1. The van der Waals surface area contributed by atoms with Gasteiger partial charge < -0.3 is 10.1 Å². The van der Waals surface area contributed by atoms with Crippen LogP contribution in [0.2, 0.25) is 0 Å². The molecule has 1 N–H and O–H groups in total. The predicted molar refractivity (Wildman–Crippen MR) is 60.6 cm³/mol. The van der Waals surface area contributed by atoms with E-state index in [2.05, 4.69) is 5.32 Å². The van der Waals surface area contributed by atoms with E-state index in [1.54, 1.807) is 0 Å². The molecule has 0 aliphatic carbocycles. The van der Waals surface area contributed by atoms with Gasteiger partial charge in [0.15, 0.2) is 11.6 Å². The Morgan fingerprint density at radius 1 is 1.56 bits per heavy atom. The smallest absolute Gasteiger partial charge is 0.251 e. The first kappa shape index (κ1) is 12.8. The number of hydrogen-bond donors (Lipinski definition) is 1. The zero-order valence-corrected chi connectivity index (χ0v) is 9.68. The molecule has 0 spiro atoms. The first-order valence-electron chi connectivity index (χ1n) is 4.86. The summed E-state index contributed by atoms with van der Waals surface area (Å²) in [6, 6.07) is 3.98. The van der Waals surface area contributed by atoms with Crippen LogP contribution in [0.5, 0.6) is 5.75 Å². The number of halogens is 2. The highest BCUT2D eigenvalue weighted by molar-refractivity contribution is 6.17. The molecule has 1 aromatic rings. The molecule has 0 aromatic heterocycles. The van der Waals surface area contributed by atoms with E-state index >= 15 is 0 Å². The summed E-state index contributed by atoms with van der Waals surface area (Å²) in [5.74, 6) is -0.194. The predicted octanol–water partition coefficient (Wildman–Crippen LogP) is 2.19. The zero-order valence-electron chi connectivity index (χ0n) is 8.93. The van der Waals surface area contributed by atoms with Gasteiger partial charge in [-0.1, -0.05) is 0 Å². The number of methoxy groups -OCH3 is 1. The van der Waals surface area contributed by atoms with Gasteiger partial charge in [-0.3, -0.25) is 4.79 Å². The van der Waals surface area contributed by atoms with Gasteiger partial charge in [-0.05, 0) is 24.6 Å². The van der Waals surface area contributed by atoms with Crippen LogP contribution in [0.4, 0.5) is 4.39 Å². The minimum atomic E-state index is -0.486. The second-order valence-electron chi connectivity index (χ2n) is 3.15. The molecule has 5 heteroatoms. The average Bonchev–Trinajstić information content (AvgIpc) is 2.30. The lowest BCUT2D eigenvalue weighted by Crippen LogP contribution is -2.24. The molecule has 0 atom stereocenters. The van der Waals surface area contributed by atoms with Crippen LogP contribution in [-0.2, 0) is 0 Å². The third-order valence-corrected chi connectivity index (χ3v) is 2.28. The fourth-order valence-corrected chi connectivity index (χ4v) is 1.31. The molecule has 3 nitrogen and oxygen atoms in total. The number of alkyl halides is 1. The minimum absolute atomic E-state index is 0.0602. The van der Waals surface area contributed by atoms with E-state index in [1.165, 1.54) is 25.3 Å². The number of carbonyl (C=O) groups is 1. The summed E-state index contributed by atoms with van der Waals surface area (Å²) in [6.45, 7) is 0.502. The molecule has 0 radical (unpaired) electrons.